The summed E-state index contributed by atoms with van der Waals surface area (Å²) in [7, 11) is 0. The van der Waals surface area contributed by atoms with Gasteiger partial charge in [0.25, 0.3) is 0 Å². The first-order valence-electron chi connectivity index (χ1n) is 6.47. The maximum Gasteiger partial charge on any atom is 0.416 e. The fourth-order valence-corrected chi connectivity index (χ4v) is 2.56. The topological polar surface area (TPSA) is 0 Å². The first-order chi connectivity index (χ1) is 8.93. The van der Waals surface area contributed by atoms with E-state index in [2.05, 4.69) is 0 Å². The number of halogens is 3. The molecule has 102 valence electrons. The zero-order valence-electron chi connectivity index (χ0n) is 11.1. The Hall–Kier alpha value is -1.51. The molecule has 1 aromatic carbocycles. The van der Waals surface area contributed by atoms with Crippen LogP contribution in [-0.4, -0.2) is 0 Å². The molecule has 1 aromatic rings. The highest BCUT2D eigenvalue weighted by molar-refractivity contribution is 5.43. The van der Waals surface area contributed by atoms with Crippen LogP contribution in [0.25, 0.3) is 0 Å². The Kier molecular flexibility index (Phi) is 3.83. The first-order valence-corrected chi connectivity index (χ1v) is 6.47. The highest BCUT2D eigenvalue weighted by Crippen LogP contribution is 2.39. The van der Waals surface area contributed by atoms with Crippen LogP contribution in [0.15, 0.2) is 42.0 Å². The summed E-state index contributed by atoms with van der Waals surface area (Å²) in [5, 5.41) is 0. The van der Waals surface area contributed by atoms with E-state index in [0.29, 0.717) is 17.5 Å². The molecule has 1 aliphatic carbocycles. The van der Waals surface area contributed by atoms with Crippen molar-refractivity contribution in [3.63, 3.8) is 0 Å². The lowest BCUT2D eigenvalue weighted by atomic mass is 9.84. The molecule has 0 amide bonds. The number of rotatable bonds is 2. The molecule has 0 saturated carbocycles. The van der Waals surface area contributed by atoms with Gasteiger partial charge < -0.3 is 0 Å². The van der Waals surface area contributed by atoms with Crippen LogP contribution in [0.4, 0.5) is 13.2 Å². The monoisotopic (exact) mass is 266 g/mol. The van der Waals surface area contributed by atoms with Gasteiger partial charge in [-0.05, 0) is 37.0 Å². The van der Waals surface area contributed by atoms with Gasteiger partial charge in [-0.1, -0.05) is 42.9 Å². The van der Waals surface area contributed by atoms with Crippen LogP contribution in [0.3, 0.4) is 0 Å². The van der Waals surface area contributed by atoms with E-state index in [-0.39, 0.29) is 5.92 Å². The lowest BCUT2D eigenvalue weighted by Gasteiger charge is -2.22. The molecule has 0 aliphatic heterocycles. The predicted octanol–water partition coefficient (Wildman–Crippen LogP) is 5.39. The molecule has 2 rings (SSSR count). The molecular weight excluding hydrogens is 249 g/mol. The van der Waals surface area contributed by atoms with Crippen molar-refractivity contribution in [2.24, 2.45) is 0 Å². The number of hydrogen-bond donors (Lipinski definition) is 0. The molecule has 19 heavy (non-hydrogen) atoms. The fourth-order valence-electron chi connectivity index (χ4n) is 2.56. The number of aryl methyl sites for hydroxylation is 1. The third-order valence-electron chi connectivity index (χ3n) is 3.59. The Labute approximate surface area is 111 Å². The van der Waals surface area contributed by atoms with E-state index in [1.807, 2.05) is 25.2 Å². The van der Waals surface area contributed by atoms with Gasteiger partial charge in [0.05, 0.1) is 5.56 Å². The maximum atomic E-state index is 13.1. The van der Waals surface area contributed by atoms with Gasteiger partial charge in [0, 0.05) is 5.92 Å². The summed E-state index contributed by atoms with van der Waals surface area (Å²) in [6.45, 7) is 3.79. The minimum atomic E-state index is -4.29. The van der Waals surface area contributed by atoms with Crippen LogP contribution in [0.2, 0.25) is 0 Å². The molecule has 0 radical (unpaired) electrons. The molecule has 3 heteroatoms. The Bertz CT molecular complexity index is 521. The zero-order valence-corrected chi connectivity index (χ0v) is 11.1. The molecule has 0 spiro atoms. The van der Waals surface area contributed by atoms with Crippen molar-refractivity contribution in [1.82, 2.24) is 0 Å². The Morgan fingerprint density at radius 2 is 2.00 bits per heavy atom. The third kappa shape index (κ3) is 2.91. The number of allylic oxidation sites excluding steroid dienone is 4. The second-order valence-electron chi connectivity index (χ2n) is 4.87. The highest BCUT2D eigenvalue weighted by atomic mass is 19.4. The molecule has 1 atom stereocenters. The van der Waals surface area contributed by atoms with Gasteiger partial charge in [0.1, 0.15) is 0 Å². The van der Waals surface area contributed by atoms with Gasteiger partial charge in [0.15, 0.2) is 0 Å². The molecule has 0 saturated heterocycles. The summed E-state index contributed by atoms with van der Waals surface area (Å²) in [6.07, 6.45) is 3.16. The molecule has 0 bridgehead atoms. The highest BCUT2D eigenvalue weighted by Gasteiger charge is 2.35. The summed E-state index contributed by atoms with van der Waals surface area (Å²) in [4.78, 5) is 0. The van der Waals surface area contributed by atoms with Crippen molar-refractivity contribution in [2.75, 3.05) is 0 Å². The molecule has 0 N–H and O–H groups in total. The van der Waals surface area contributed by atoms with E-state index in [1.54, 1.807) is 13.0 Å². The van der Waals surface area contributed by atoms with Gasteiger partial charge in [-0.3, -0.25) is 0 Å². The van der Waals surface area contributed by atoms with Gasteiger partial charge in [-0.25, -0.2) is 0 Å². The molecule has 0 nitrogen and oxygen atoms in total. The summed E-state index contributed by atoms with van der Waals surface area (Å²) in [5.74, 6) is -0.173. The summed E-state index contributed by atoms with van der Waals surface area (Å²) in [5.41, 5.74) is 1.81. The average Bonchev–Trinajstić information content (AvgIpc) is 2.37. The SMILES string of the molecule is CCC1=CCC(c2c(C)cccc2C(F)(F)F)C=C1. The van der Waals surface area contributed by atoms with E-state index >= 15 is 0 Å². The summed E-state index contributed by atoms with van der Waals surface area (Å²) < 4.78 is 39.3. The Morgan fingerprint density at radius 1 is 1.26 bits per heavy atom. The smallest absolute Gasteiger partial charge is 0.166 e. The molecule has 0 fully saturated rings. The van der Waals surface area contributed by atoms with Crippen LogP contribution in [0.1, 0.15) is 42.4 Å². The minimum Gasteiger partial charge on any atom is -0.166 e. The predicted molar refractivity (Wildman–Crippen MR) is 71.1 cm³/mol. The van der Waals surface area contributed by atoms with Gasteiger partial charge >= 0.3 is 6.18 Å². The normalized spacial score (nSPS) is 19.4. The van der Waals surface area contributed by atoms with Crippen molar-refractivity contribution in [3.05, 3.63) is 58.7 Å². The summed E-state index contributed by atoms with van der Waals surface area (Å²) in [6, 6.07) is 4.40. The molecule has 0 heterocycles. The van der Waals surface area contributed by atoms with Crippen LogP contribution >= 0.6 is 0 Å². The molecule has 1 unspecified atom stereocenters. The van der Waals surface area contributed by atoms with E-state index in [1.165, 1.54) is 17.7 Å². The van der Waals surface area contributed by atoms with Crippen LogP contribution in [-0.2, 0) is 6.18 Å². The van der Waals surface area contributed by atoms with Crippen LogP contribution in [0, 0.1) is 6.92 Å². The van der Waals surface area contributed by atoms with Crippen molar-refractivity contribution < 1.29 is 13.2 Å². The van der Waals surface area contributed by atoms with E-state index in [0.717, 1.165) is 6.42 Å². The number of alkyl halides is 3. The van der Waals surface area contributed by atoms with Crippen LogP contribution < -0.4 is 0 Å². The maximum absolute atomic E-state index is 13.1. The van der Waals surface area contributed by atoms with Crippen molar-refractivity contribution >= 4 is 0 Å². The number of hydrogen-bond acceptors (Lipinski definition) is 0. The standard InChI is InChI=1S/C16H17F3/c1-3-12-7-9-13(10-8-12)15-11(2)5-4-6-14(15)16(17,18)19/h4-9,13H,3,10H2,1-2H3. The quantitative estimate of drug-likeness (QED) is 0.673. The second-order valence-corrected chi connectivity index (χ2v) is 4.87. The van der Waals surface area contributed by atoms with Crippen molar-refractivity contribution in [3.8, 4) is 0 Å². The first kappa shape index (κ1) is 13.9. The number of benzene rings is 1. The summed E-state index contributed by atoms with van der Waals surface area (Å²) >= 11 is 0. The van der Waals surface area contributed by atoms with Crippen LogP contribution in [0.5, 0.6) is 0 Å². The largest absolute Gasteiger partial charge is 0.416 e. The van der Waals surface area contributed by atoms with Crippen molar-refractivity contribution in [1.29, 1.82) is 0 Å². The molecule has 1 aliphatic rings. The van der Waals surface area contributed by atoms with Gasteiger partial charge in [0.2, 0.25) is 0 Å². The third-order valence-corrected chi connectivity index (χ3v) is 3.59. The van der Waals surface area contributed by atoms with Gasteiger partial charge in [-0.15, -0.1) is 0 Å². The van der Waals surface area contributed by atoms with E-state index < -0.39 is 11.7 Å². The average molecular weight is 266 g/mol. The second kappa shape index (κ2) is 5.24. The zero-order chi connectivity index (χ0) is 14.0. The van der Waals surface area contributed by atoms with E-state index in [9.17, 15) is 13.2 Å². The lowest BCUT2D eigenvalue weighted by Crippen LogP contribution is -2.13. The fraction of sp³-hybridized carbons (Fsp3) is 0.375. The Balaban J connectivity index is 2.41. The Morgan fingerprint density at radius 3 is 2.53 bits per heavy atom. The van der Waals surface area contributed by atoms with Crippen molar-refractivity contribution in [2.45, 2.75) is 38.8 Å². The van der Waals surface area contributed by atoms with E-state index in [4.69, 9.17) is 0 Å². The lowest BCUT2D eigenvalue weighted by molar-refractivity contribution is -0.138. The molecular formula is C16H17F3. The minimum absolute atomic E-state index is 0.173. The van der Waals surface area contributed by atoms with Gasteiger partial charge in [-0.2, -0.15) is 13.2 Å². The molecule has 0 aromatic heterocycles.